The third-order valence-corrected chi connectivity index (χ3v) is 3.44. The molecular formula is C12H22N2O2. The number of β-amino-alcohol motifs (C(OH)–C–C–N with tert-alkyl or cyclic N) is 1. The average Bonchev–Trinajstić information content (AvgIpc) is 2.92. The lowest BCUT2D eigenvalue weighted by Gasteiger charge is -2.47. The van der Waals surface area contributed by atoms with Gasteiger partial charge in [0.15, 0.2) is 0 Å². The van der Waals surface area contributed by atoms with Gasteiger partial charge in [0.2, 0.25) is 5.91 Å². The number of amides is 1. The van der Waals surface area contributed by atoms with Crippen molar-refractivity contribution >= 4 is 5.91 Å². The Morgan fingerprint density at radius 1 is 1.50 bits per heavy atom. The smallest absolute Gasteiger partial charge is 0.221 e. The minimum Gasteiger partial charge on any atom is -0.387 e. The predicted molar refractivity (Wildman–Crippen MR) is 62.0 cm³/mol. The van der Waals surface area contributed by atoms with Crippen LogP contribution in [0, 0.1) is 5.92 Å². The summed E-state index contributed by atoms with van der Waals surface area (Å²) in [6, 6.07) is 0.215. The van der Waals surface area contributed by atoms with Crippen LogP contribution in [0.5, 0.6) is 0 Å². The Labute approximate surface area is 97.0 Å². The van der Waals surface area contributed by atoms with Gasteiger partial charge in [-0.2, -0.15) is 0 Å². The normalized spacial score (nSPS) is 24.2. The lowest BCUT2D eigenvalue weighted by molar-refractivity contribution is -0.128. The first-order valence-corrected chi connectivity index (χ1v) is 6.24. The molecule has 1 heterocycles. The lowest BCUT2D eigenvalue weighted by Crippen LogP contribution is -2.63. The number of likely N-dealkylation sites (tertiary alicyclic amines) is 1. The Morgan fingerprint density at radius 2 is 2.12 bits per heavy atom. The van der Waals surface area contributed by atoms with Crippen molar-refractivity contribution in [3.63, 3.8) is 0 Å². The van der Waals surface area contributed by atoms with Crippen molar-refractivity contribution in [2.24, 2.45) is 5.92 Å². The molecule has 1 aliphatic carbocycles. The van der Waals surface area contributed by atoms with Crippen molar-refractivity contribution in [2.45, 2.75) is 44.8 Å². The van der Waals surface area contributed by atoms with Crippen LogP contribution in [0.1, 0.15) is 33.1 Å². The molecule has 0 radical (unpaired) electrons. The second-order valence-corrected chi connectivity index (χ2v) is 5.56. The van der Waals surface area contributed by atoms with Crippen molar-refractivity contribution in [3.05, 3.63) is 0 Å². The van der Waals surface area contributed by atoms with Crippen molar-refractivity contribution < 1.29 is 9.90 Å². The van der Waals surface area contributed by atoms with E-state index >= 15 is 0 Å². The zero-order valence-corrected chi connectivity index (χ0v) is 10.2. The van der Waals surface area contributed by atoms with Crippen molar-refractivity contribution in [2.75, 3.05) is 19.6 Å². The molecule has 0 unspecified atom stereocenters. The van der Waals surface area contributed by atoms with E-state index in [-0.39, 0.29) is 11.9 Å². The van der Waals surface area contributed by atoms with Crippen LogP contribution in [0.15, 0.2) is 0 Å². The minimum absolute atomic E-state index is 0.108. The number of carbonyl (C=O) groups excluding carboxylic acids is 1. The Hall–Kier alpha value is -0.610. The molecule has 4 heteroatoms. The van der Waals surface area contributed by atoms with Crippen LogP contribution < -0.4 is 5.32 Å². The molecule has 1 saturated carbocycles. The number of rotatable bonds is 5. The summed E-state index contributed by atoms with van der Waals surface area (Å²) in [4.78, 5) is 13.6. The van der Waals surface area contributed by atoms with E-state index in [9.17, 15) is 9.90 Å². The van der Waals surface area contributed by atoms with Crippen LogP contribution in [-0.2, 0) is 4.79 Å². The predicted octanol–water partition coefficient (Wildman–Crippen LogP) is 0.358. The number of aliphatic hydroxyl groups is 1. The molecule has 0 aromatic heterocycles. The van der Waals surface area contributed by atoms with Gasteiger partial charge in [0, 0.05) is 32.1 Å². The first-order chi connectivity index (χ1) is 7.49. The van der Waals surface area contributed by atoms with Gasteiger partial charge in [-0.05, 0) is 32.6 Å². The highest BCUT2D eigenvalue weighted by molar-refractivity contribution is 5.76. The molecule has 1 aliphatic heterocycles. The fourth-order valence-electron chi connectivity index (χ4n) is 2.42. The molecule has 1 amide bonds. The molecule has 0 aromatic rings. The molecule has 16 heavy (non-hydrogen) atoms. The van der Waals surface area contributed by atoms with Crippen molar-refractivity contribution in [1.82, 2.24) is 10.2 Å². The largest absolute Gasteiger partial charge is 0.387 e. The molecule has 2 aliphatic rings. The van der Waals surface area contributed by atoms with E-state index in [2.05, 4.69) is 10.2 Å². The maximum atomic E-state index is 11.4. The SMILES string of the molecule is CC(C)NC(=O)CCN1CC(O)(C2CC2)C1. The summed E-state index contributed by atoms with van der Waals surface area (Å²) in [7, 11) is 0. The van der Waals surface area contributed by atoms with Gasteiger partial charge in [0.1, 0.15) is 0 Å². The molecule has 2 rings (SSSR count). The van der Waals surface area contributed by atoms with Crippen LogP contribution in [0.2, 0.25) is 0 Å². The number of hydrogen-bond donors (Lipinski definition) is 2. The highest BCUT2D eigenvalue weighted by Gasteiger charge is 2.51. The second-order valence-electron chi connectivity index (χ2n) is 5.56. The number of nitrogens with zero attached hydrogens (tertiary/aromatic N) is 1. The molecule has 0 bridgehead atoms. The maximum absolute atomic E-state index is 11.4. The molecular weight excluding hydrogens is 204 g/mol. The van der Waals surface area contributed by atoms with E-state index < -0.39 is 5.60 Å². The van der Waals surface area contributed by atoms with Crippen LogP contribution in [0.4, 0.5) is 0 Å². The van der Waals surface area contributed by atoms with E-state index in [1.165, 1.54) is 12.8 Å². The average molecular weight is 226 g/mol. The highest BCUT2D eigenvalue weighted by Crippen LogP contribution is 2.44. The minimum atomic E-state index is -0.422. The third-order valence-electron chi connectivity index (χ3n) is 3.44. The molecule has 2 N–H and O–H groups in total. The van der Waals surface area contributed by atoms with Crippen LogP contribution in [0.25, 0.3) is 0 Å². The van der Waals surface area contributed by atoms with E-state index in [0.29, 0.717) is 12.3 Å². The monoisotopic (exact) mass is 226 g/mol. The van der Waals surface area contributed by atoms with Gasteiger partial charge in [0.05, 0.1) is 5.60 Å². The van der Waals surface area contributed by atoms with E-state index in [4.69, 9.17) is 0 Å². The molecule has 92 valence electrons. The van der Waals surface area contributed by atoms with Crippen molar-refractivity contribution in [3.8, 4) is 0 Å². The van der Waals surface area contributed by atoms with Gasteiger partial charge >= 0.3 is 0 Å². The fourth-order valence-corrected chi connectivity index (χ4v) is 2.42. The number of nitrogens with one attached hydrogen (secondary N) is 1. The topological polar surface area (TPSA) is 52.6 Å². The Bertz CT molecular complexity index is 268. The highest BCUT2D eigenvalue weighted by atomic mass is 16.3. The van der Waals surface area contributed by atoms with Crippen LogP contribution in [0.3, 0.4) is 0 Å². The first kappa shape index (κ1) is 11.9. The lowest BCUT2D eigenvalue weighted by atomic mass is 9.88. The number of hydrogen-bond acceptors (Lipinski definition) is 3. The summed E-state index contributed by atoms with van der Waals surface area (Å²) in [5.41, 5.74) is -0.422. The fraction of sp³-hybridized carbons (Fsp3) is 0.917. The van der Waals surface area contributed by atoms with Gasteiger partial charge in [-0.15, -0.1) is 0 Å². The second kappa shape index (κ2) is 4.34. The molecule has 0 aromatic carbocycles. The quantitative estimate of drug-likeness (QED) is 0.711. The third kappa shape index (κ3) is 2.74. The molecule has 0 atom stereocenters. The van der Waals surface area contributed by atoms with E-state index in [1.54, 1.807) is 0 Å². The maximum Gasteiger partial charge on any atom is 0.221 e. The summed E-state index contributed by atoms with van der Waals surface area (Å²) in [6.45, 7) is 6.22. The Kier molecular flexibility index (Phi) is 3.22. The van der Waals surface area contributed by atoms with E-state index in [1.807, 2.05) is 13.8 Å². The summed E-state index contributed by atoms with van der Waals surface area (Å²) in [5, 5.41) is 13.0. The van der Waals surface area contributed by atoms with Gasteiger partial charge in [-0.3, -0.25) is 9.69 Å². The van der Waals surface area contributed by atoms with Gasteiger partial charge in [-0.25, -0.2) is 0 Å². The Morgan fingerprint density at radius 3 is 2.62 bits per heavy atom. The number of carbonyl (C=O) groups is 1. The summed E-state index contributed by atoms with van der Waals surface area (Å²) < 4.78 is 0. The van der Waals surface area contributed by atoms with Crippen LogP contribution >= 0.6 is 0 Å². The van der Waals surface area contributed by atoms with Crippen molar-refractivity contribution in [1.29, 1.82) is 0 Å². The van der Waals surface area contributed by atoms with Gasteiger partial charge in [-0.1, -0.05) is 0 Å². The zero-order valence-electron chi connectivity index (χ0n) is 10.2. The molecule has 4 nitrogen and oxygen atoms in total. The summed E-state index contributed by atoms with van der Waals surface area (Å²) in [5.74, 6) is 0.644. The van der Waals surface area contributed by atoms with Gasteiger partial charge in [0.25, 0.3) is 0 Å². The molecule has 0 spiro atoms. The standard InChI is InChI=1S/C12H22N2O2/c1-9(2)13-11(15)5-6-14-7-12(16,8-14)10-3-4-10/h9-10,16H,3-8H2,1-2H3,(H,13,15). The van der Waals surface area contributed by atoms with Gasteiger partial charge < -0.3 is 10.4 Å². The molecule has 1 saturated heterocycles. The van der Waals surface area contributed by atoms with Crippen LogP contribution in [-0.4, -0.2) is 47.2 Å². The summed E-state index contributed by atoms with van der Waals surface area (Å²) >= 11 is 0. The van der Waals surface area contributed by atoms with E-state index in [0.717, 1.165) is 19.6 Å². The molecule has 2 fully saturated rings. The zero-order chi connectivity index (χ0) is 11.8. The summed E-state index contributed by atoms with van der Waals surface area (Å²) in [6.07, 6.45) is 2.90. The Balaban J connectivity index is 1.60. The first-order valence-electron chi connectivity index (χ1n) is 6.24.